The second kappa shape index (κ2) is 7.95. The van der Waals surface area contributed by atoms with Gasteiger partial charge in [-0.05, 0) is 50.0 Å². The molecule has 5 nitrogen and oxygen atoms in total. The van der Waals surface area contributed by atoms with E-state index in [1.54, 1.807) is 16.2 Å². The fourth-order valence-electron chi connectivity index (χ4n) is 3.77. The van der Waals surface area contributed by atoms with Crippen molar-refractivity contribution in [3.05, 3.63) is 20.8 Å². The van der Waals surface area contributed by atoms with Crippen LogP contribution in [-0.4, -0.2) is 39.6 Å². The first-order valence-electron chi connectivity index (χ1n) is 9.69. The molecule has 1 amide bonds. The second-order valence-corrected chi connectivity index (χ2v) is 10.3. The Morgan fingerprint density at radius 1 is 1.33 bits per heavy atom. The van der Waals surface area contributed by atoms with Crippen molar-refractivity contribution in [2.75, 3.05) is 18.8 Å². The van der Waals surface area contributed by atoms with Crippen molar-refractivity contribution in [3.8, 4) is 0 Å². The van der Waals surface area contributed by atoms with Gasteiger partial charge >= 0.3 is 0 Å². The van der Waals surface area contributed by atoms with Crippen LogP contribution in [0.1, 0.15) is 51.5 Å². The number of H-pyrrole nitrogens is 1. The van der Waals surface area contributed by atoms with E-state index in [9.17, 15) is 9.59 Å². The third kappa shape index (κ3) is 4.24. The van der Waals surface area contributed by atoms with Crippen molar-refractivity contribution in [2.24, 2.45) is 11.3 Å². The van der Waals surface area contributed by atoms with E-state index in [4.69, 9.17) is 0 Å². The Morgan fingerprint density at radius 2 is 2.04 bits per heavy atom. The monoisotopic (exact) mass is 407 g/mol. The van der Waals surface area contributed by atoms with Crippen LogP contribution < -0.4 is 5.56 Å². The zero-order valence-corrected chi connectivity index (χ0v) is 18.5. The summed E-state index contributed by atoms with van der Waals surface area (Å²) in [5.74, 6) is 1.01. The summed E-state index contributed by atoms with van der Waals surface area (Å²) < 4.78 is 0. The van der Waals surface area contributed by atoms with Crippen LogP contribution in [0.25, 0.3) is 10.2 Å². The molecular formula is C20H29N3O2S2. The highest BCUT2D eigenvalue weighted by Crippen LogP contribution is 2.42. The average molecular weight is 408 g/mol. The number of carbonyl (C=O) groups is 1. The minimum Gasteiger partial charge on any atom is -0.343 e. The standard InChI is InChI=1S/C20H29N3O2S2/c1-6-23(7-2)15(24)11-26-19-21-17(25)16-13-9-8-12(20(3,4)5)10-14(13)27-18(16)22-19/h12H,6-11H2,1-5H3,(H,21,22,25)/t12-/m0/s1. The number of hydrogen-bond donors (Lipinski definition) is 1. The lowest BCUT2D eigenvalue weighted by Crippen LogP contribution is -2.32. The number of amides is 1. The number of aromatic nitrogens is 2. The Bertz CT molecular complexity index is 891. The summed E-state index contributed by atoms with van der Waals surface area (Å²) in [6, 6.07) is 0. The molecule has 0 unspecified atom stereocenters. The first kappa shape index (κ1) is 20.4. The number of nitrogens with one attached hydrogen (secondary N) is 1. The highest BCUT2D eigenvalue weighted by Gasteiger charge is 2.31. The molecule has 2 aromatic rings. The van der Waals surface area contributed by atoms with Crippen LogP contribution in [0.2, 0.25) is 0 Å². The predicted molar refractivity (Wildman–Crippen MR) is 114 cm³/mol. The van der Waals surface area contributed by atoms with E-state index >= 15 is 0 Å². The van der Waals surface area contributed by atoms with Gasteiger partial charge in [0, 0.05) is 18.0 Å². The summed E-state index contributed by atoms with van der Waals surface area (Å²) in [6.45, 7) is 12.2. The van der Waals surface area contributed by atoms with Gasteiger partial charge in [0.15, 0.2) is 5.16 Å². The minimum absolute atomic E-state index is 0.0653. The van der Waals surface area contributed by atoms with Crippen molar-refractivity contribution >= 4 is 39.2 Å². The number of hydrogen-bond acceptors (Lipinski definition) is 5. The fourth-order valence-corrected chi connectivity index (χ4v) is 5.89. The van der Waals surface area contributed by atoms with Crippen LogP contribution in [0.5, 0.6) is 0 Å². The quantitative estimate of drug-likeness (QED) is 0.599. The molecule has 2 heterocycles. The molecule has 1 aliphatic rings. The van der Waals surface area contributed by atoms with Gasteiger partial charge in [-0.25, -0.2) is 4.98 Å². The number of thiophene rings is 1. The Kier molecular flexibility index (Phi) is 6.01. The SMILES string of the molecule is CCN(CC)C(=O)CSc1nc2sc3c(c2c(=O)[nH]1)CC[C@H](C(C)(C)C)C3. The van der Waals surface area contributed by atoms with Gasteiger partial charge in [-0.1, -0.05) is 32.5 Å². The van der Waals surface area contributed by atoms with Gasteiger partial charge in [-0.3, -0.25) is 9.59 Å². The summed E-state index contributed by atoms with van der Waals surface area (Å²) in [5, 5.41) is 1.31. The third-order valence-electron chi connectivity index (χ3n) is 5.57. The largest absolute Gasteiger partial charge is 0.343 e. The van der Waals surface area contributed by atoms with E-state index in [1.807, 2.05) is 13.8 Å². The van der Waals surface area contributed by atoms with Crippen LogP contribution in [0.4, 0.5) is 0 Å². The Morgan fingerprint density at radius 3 is 2.67 bits per heavy atom. The number of aryl methyl sites for hydroxylation is 1. The molecule has 0 bridgehead atoms. The number of aromatic amines is 1. The molecule has 27 heavy (non-hydrogen) atoms. The third-order valence-corrected chi connectivity index (χ3v) is 7.58. The summed E-state index contributed by atoms with van der Waals surface area (Å²) in [4.78, 5) is 36.4. The average Bonchev–Trinajstić information content (AvgIpc) is 2.98. The lowest BCUT2D eigenvalue weighted by Gasteiger charge is -2.33. The zero-order chi connectivity index (χ0) is 19.8. The van der Waals surface area contributed by atoms with E-state index in [-0.39, 0.29) is 16.9 Å². The smallest absolute Gasteiger partial charge is 0.260 e. The van der Waals surface area contributed by atoms with Crippen LogP contribution in [0.3, 0.4) is 0 Å². The van der Waals surface area contributed by atoms with Crippen LogP contribution in [-0.2, 0) is 17.6 Å². The molecule has 1 N–H and O–H groups in total. The predicted octanol–water partition coefficient (Wildman–Crippen LogP) is 4.10. The topological polar surface area (TPSA) is 66.1 Å². The van der Waals surface area contributed by atoms with Crippen LogP contribution >= 0.6 is 23.1 Å². The first-order valence-corrected chi connectivity index (χ1v) is 11.5. The molecular weight excluding hydrogens is 378 g/mol. The van der Waals surface area contributed by atoms with E-state index < -0.39 is 0 Å². The van der Waals surface area contributed by atoms with E-state index in [2.05, 4.69) is 30.7 Å². The lowest BCUT2D eigenvalue weighted by molar-refractivity contribution is -0.127. The Labute approximate surface area is 169 Å². The number of rotatable bonds is 5. The van der Waals surface area contributed by atoms with Gasteiger partial charge in [0.1, 0.15) is 4.83 Å². The fraction of sp³-hybridized carbons (Fsp3) is 0.650. The molecule has 0 radical (unpaired) electrons. The van der Waals surface area contributed by atoms with Gasteiger partial charge in [-0.15, -0.1) is 11.3 Å². The number of thioether (sulfide) groups is 1. The molecule has 148 valence electrons. The maximum absolute atomic E-state index is 12.7. The van der Waals surface area contributed by atoms with Crippen LogP contribution in [0, 0.1) is 11.3 Å². The van der Waals surface area contributed by atoms with Crippen molar-refractivity contribution in [1.82, 2.24) is 14.9 Å². The zero-order valence-electron chi connectivity index (χ0n) is 16.8. The van der Waals surface area contributed by atoms with E-state index in [0.29, 0.717) is 29.9 Å². The number of nitrogens with zero attached hydrogens (tertiary/aromatic N) is 2. The summed E-state index contributed by atoms with van der Waals surface area (Å²) in [6.07, 6.45) is 3.10. The maximum Gasteiger partial charge on any atom is 0.260 e. The molecule has 1 atom stereocenters. The van der Waals surface area contributed by atoms with Gasteiger partial charge in [0.25, 0.3) is 5.56 Å². The molecule has 0 saturated heterocycles. The minimum atomic E-state index is -0.0653. The lowest BCUT2D eigenvalue weighted by atomic mass is 9.72. The van der Waals surface area contributed by atoms with Crippen molar-refractivity contribution in [2.45, 2.75) is 59.0 Å². The summed E-state index contributed by atoms with van der Waals surface area (Å²) >= 11 is 2.97. The molecule has 3 rings (SSSR count). The molecule has 0 spiro atoms. The maximum atomic E-state index is 12.7. The van der Waals surface area contributed by atoms with Crippen molar-refractivity contribution in [1.29, 1.82) is 0 Å². The number of fused-ring (bicyclic) bond motifs is 3. The van der Waals surface area contributed by atoms with Gasteiger partial charge < -0.3 is 9.88 Å². The highest BCUT2D eigenvalue weighted by atomic mass is 32.2. The van der Waals surface area contributed by atoms with Crippen molar-refractivity contribution < 1.29 is 4.79 Å². The van der Waals surface area contributed by atoms with Gasteiger partial charge in [0.2, 0.25) is 5.91 Å². The van der Waals surface area contributed by atoms with Gasteiger partial charge in [-0.2, -0.15) is 0 Å². The Hall–Kier alpha value is -1.34. The molecule has 2 aromatic heterocycles. The molecule has 0 aliphatic heterocycles. The molecule has 0 fully saturated rings. The second-order valence-electron chi connectivity index (χ2n) is 8.22. The number of carbonyl (C=O) groups excluding carboxylic acids is 1. The summed E-state index contributed by atoms with van der Waals surface area (Å²) in [5.41, 5.74) is 1.41. The van der Waals surface area contributed by atoms with E-state index in [0.717, 1.165) is 29.5 Å². The Balaban J connectivity index is 1.84. The molecule has 0 saturated carbocycles. The van der Waals surface area contributed by atoms with E-state index in [1.165, 1.54) is 22.2 Å². The molecule has 0 aromatic carbocycles. The highest BCUT2D eigenvalue weighted by molar-refractivity contribution is 7.99. The van der Waals surface area contributed by atoms with Crippen LogP contribution in [0.15, 0.2) is 9.95 Å². The first-order chi connectivity index (χ1) is 12.7. The molecule has 1 aliphatic carbocycles. The van der Waals surface area contributed by atoms with Gasteiger partial charge in [0.05, 0.1) is 11.1 Å². The molecule has 7 heteroatoms. The normalized spacial score (nSPS) is 17.1. The summed E-state index contributed by atoms with van der Waals surface area (Å²) in [7, 11) is 0. The van der Waals surface area contributed by atoms with Crippen molar-refractivity contribution in [3.63, 3.8) is 0 Å².